The van der Waals surface area contributed by atoms with Crippen LogP contribution in [-0.2, 0) is 0 Å². The molecule has 5 heteroatoms. The second kappa shape index (κ2) is 5.71. The van der Waals surface area contributed by atoms with Gasteiger partial charge in [0.25, 0.3) is 0 Å². The summed E-state index contributed by atoms with van der Waals surface area (Å²) in [5, 5.41) is 12.2. The smallest absolute Gasteiger partial charge is 0.337 e. The molecular formula is C14H13ClN2O2. The van der Waals surface area contributed by atoms with E-state index in [0.29, 0.717) is 5.82 Å². The van der Waals surface area contributed by atoms with Crippen LogP contribution in [0.1, 0.15) is 28.9 Å². The van der Waals surface area contributed by atoms with Gasteiger partial charge in [-0.05, 0) is 18.6 Å². The molecule has 1 aromatic heterocycles. The number of aromatic carboxylic acids is 1. The number of nitrogens with zero attached hydrogens (tertiary/aromatic N) is 1. The third kappa shape index (κ3) is 3.03. The summed E-state index contributed by atoms with van der Waals surface area (Å²) >= 11 is 6.03. The first kappa shape index (κ1) is 13.4. The standard InChI is InChI=1S/C14H13ClN2O2/c1-9(10-5-3-2-4-6-10)17-13-12(15)11(14(18)19)7-8-16-13/h2-9H,1H3,(H,16,17)(H,18,19). The number of hydrogen-bond acceptors (Lipinski definition) is 3. The van der Waals surface area contributed by atoms with E-state index in [1.165, 1.54) is 12.3 Å². The predicted octanol–water partition coefficient (Wildman–Crippen LogP) is 3.61. The predicted molar refractivity (Wildman–Crippen MR) is 74.7 cm³/mol. The second-order valence-corrected chi connectivity index (χ2v) is 4.48. The van der Waals surface area contributed by atoms with E-state index in [0.717, 1.165) is 5.56 Å². The normalized spacial score (nSPS) is 11.9. The molecule has 0 aliphatic heterocycles. The Balaban J connectivity index is 2.25. The van der Waals surface area contributed by atoms with Gasteiger partial charge < -0.3 is 10.4 Å². The van der Waals surface area contributed by atoms with Crippen molar-refractivity contribution in [1.82, 2.24) is 4.98 Å². The molecule has 0 aliphatic carbocycles. The van der Waals surface area contributed by atoms with Crippen molar-refractivity contribution in [3.05, 3.63) is 58.7 Å². The van der Waals surface area contributed by atoms with Crippen LogP contribution >= 0.6 is 11.6 Å². The van der Waals surface area contributed by atoms with Crippen molar-refractivity contribution in [1.29, 1.82) is 0 Å². The second-order valence-electron chi connectivity index (χ2n) is 4.10. The topological polar surface area (TPSA) is 62.2 Å². The highest BCUT2D eigenvalue weighted by Crippen LogP contribution is 2.27. The van der Waals surface area contributed by atoms with Crippen LogP contribution in [0.4, 0.5) is 5.82 Å². The van der Waals surface area contributed by atoms with E-state index >= 15 is 0 Å². The number of rotatable bonds is 4. The maximum absolute atomic E-state index is 11.0. The van der Waals surface area contributed by atoms with Crippen molar-refractivity contribution < 1.29 is 9.90 Å². The Morgan fingerprint density at radius 2 is 2.00 bits per heavy atom. The summed E-state index contributed by atoms with van der Waals surface area (Å²) in [7, 11) is 0. The van der Waals surface area contributed by atoms with Crippen molar-refractivity contribution in [3.63, 3.8) is 0 Å². The van der Waals surface area contributed by atoms with Gasteiger partial charge in [0.1, 0.15) is 5.82 Å². The Morgan fingerprint density at radius 1 is 1.32 bits per heavy atom. The summed E-state index contributed by atoms with van der Waals surface area (Å²) in [6.07, 6.45) is 1.43. The zero-order valence-corrected chi connectivity index (χ0v) is 11.1. The Bertz CT molecular complexity index is 587. The van der Waals surface area contributed by atoms with Crippen molar-refractivity contribution in [2.45, 2.75) is 13.0 Å². The lowest BCUT2D eigenvalue weighted by Gasteiger charge is -2.16. The highest BCUT2D eigenvalue weighted by molar-refractivity contribution is 6.35. The monoisotopic (exact) mass is 276 g/mol. The summed E-state index contributed by atoms with van der Waals surface area (Å²) in [5.41, 5.74) is 1.11. The zero-order valence-electron chi connectivity index (χ0n) is 10.3. The highest BCUT2D eigenvalue weighted by atomic mass is 35.5. The molecular weight excluding hydrogens is 264 g/mol. The average molecular weight is 277 g/mol. The number of halogens is 1. The molecule has 0 fully saturated rings. The molecule has 0 bridgehead atoms. The minimum atomic E-state index is -1.07. The summed E-state index contributed by atoms with van der Waals surface area (Å²) in [4.78, 5) is 15.1. The van der Waals surface area contributed by atoms with E-state index in [1.54, 1.807) is 0 Å². The van der Waals surface area contributed by atoms with Gasteiger partial charge in [0, 0.05) is 12.2 Å². The maximum atomic E-state index is 11.0. The molecule has 1 aromatic carbocycles. The van der Waals surface area contributed by atoms with Crippen LogP contribution in [0, 0.1) is 0 Å². The molecule has 2 aromatic rings. The van der Waals surface area contributed by atoms with E-state index < -0.39 is 5.97 Å². The Morgan fingerprint density at radius 3 is 2.63 bits per heavy atom. The molecule has 1 heterocycles. The van der Waals surface area contributed by atoms with E-state index in [9.17, 15) is 4.79 Å². The first-order chi connectivity index (χ1) is 9.09. The average Bonchev–Trinajstić information content (AvgIpc) is 2.41. The minimum Gasteiger partial charge on any atom is -0.478 e. The lowest BCUT2D eigenvalue weighted by Crippen LogP contribution is -2.10. The van der Waals surface area contributed by atoms with Crippen molar-refractivity contribution in [2.24, 2.45) is 0 Å². The van der Waals surface area contributed by atoms with Crippen molar-refractivity contribution in [2.75, 3.05) is 5.32 Å². The van der Waals surface area contributed by atoms with Gasteiger partial charge in [0.05, 0.1) is 10.6 Å². The largest absolute Gasteiger partial charge is 0.478 e. The van der Waals surface area contributed by atoms with Gasteiger partial charge in [0.2, 0.25) is 0 Å². The Kier molecular flexibility index (Phi) is 4.02. The van der Waals surface area contributed by atoms with Gasteiger partial charge in [0.15, 0.2) is 0 Å². The van der Waals surface area contributed by atoms with Crippen LogP contribution in [-0.4, -0.2) is 16.1 Å². The van der Waals surface area contributed by atoms with Gasteiger partial charge in [-0.25, -0.2) is 9.78 Å². The molecule has 0 amide bonds. The lowest BCUT2D eigenvalue weighted by molar-refractivity contribution is 0.0697. The number of aromatic nitrogens is 1. The molecule has 2 rings (SSSR count). The first-order valence-corrected chi connectivity index (χ1v) is 6.16. The first-order valence-electron chi connectivity index (χ1n) is 5.79. The lowest BCUT2D eigenvalue weighted by atomic mass is 10.1. The molecule has 0 saturated carbocycles. The summed E-state index contributed by atoms with van der Waals surface area (Å²) in [5.74, 6) is -0.694. The molecule has 4 nitrogen and oxygen atoms in total. The van der Waals surface area contributed by atoms with Gasteiger partial charge in [-0.1, -0.05) is 41.9 Å². The molecule has 0 saturated heterocycles. The molecule has 0 radical (unpaired) electrons. The van der Waals surface area contributed by atoms with Crippen LogP contribution < -0.4 is 5.32 Å². The number of anilines is 1. The molecule has 1 unspecified atom stereocenters. The van der Waals surface area contributed by atoms with Gasteiger partial charge in [-0.15, -0.1) is 0 Å². The van der Waals surface area contributed by atoms with E-state index in [2.05, 4.69) is 10.3 Å². The van der Waals surface area contributed by atoms with Crippen LogP contribution in [0.5, 0.6) is 0 Å². The molecule has 0 aliphatic rings. The number of carboxylic acids is 1. The van der Waals surface area contributed by atoms with Crippen LogP contribution in [0.3, 0.4) is 0 Å². The SMILES string of the molecule is CC(Nc1nccc(C(=O)O)c1Cl)c1ccccc1. The fraction of sp³-hybridized carbons (Fsp3) is 0.143. The number of carbonyl (C=O) groups is 1. The van der Waals surface area contributed by atoms with E-state index in [-0.39, 0.29) is 16.6 Å². The molecule has 2 N–H and O–H groups in total. The number of pyridine rings is 1. The molecule has 98 valence electrons. The van der Waals surface area contributed by atoms with Crippen LogP contribution in [0.25, 0.3) is 0 Å². The summed E-state index contributed by atoms with van der Waals surface area (Å²) < 4.78 is 0. The Hall–Kier alpha value is -2.07. The number of hydrogen-bond donors (Lipinski definition) is 2. The van der Waals surface area contributed by atoms with E-state index in [1.807, 2.05) is 37.3 Å². The third-order valence-electron chi connectivity index (χ3n) is 2.77. The van der Waals surface area contributed by atoms with E-state index in [4.69, 9.17) is 16.7 Å². The van der Waals surface area contributed by atoms with Crippen LogP contribution in [0.15, 0.2) is 42.6 Å². The van der Waals surface area contributed by atoms with Gasteiger partial charge in [-0.3, -0.25) is 0 Å². The van der Waals surface area contributed by atoms with Gasteiger partial charge >= 0.3 is 5.97 Å². The zero-order chi connectivity index (χ0) is 13.8. The highest BCUT2D eigenvalue weighted by Gasteiger charge is 2.15. The maximum Gasteiger partial charge on any atom is 0.337 e. The molecule has 0 spiro atoms. The summed E-state index contributed by atoms with van der Waals surface area (Å²) in [6.45, 7) is 1.96. The fourth-order valence-electron chi connectivity index (χ4n) is 1.74. The Labute approximate surface area is 116 Å². The van der Waals surface area contributed by atoms with Crippen molar-refractivity contribution >= 4 is 23.4 Å². The quantitative estimate of drug-likeness (QED) is 0.895. The van der Waals surface area contributed by atoms with Gasteiger partial charge in [-0.2, -0.15) is 0 Å². The number of benzene rings is 1. The fourth-order valence-corrected chi connectivity index (χ4v) is 1.99. The number of nitrogens with one attached hydrogen (secondary N) is 1. The summed E-state index contributed by atoms with van der Waals surface area (Å²) in [6, 6.07) is 11.1. The number of carboxylic acid groups (broad SMARTS) is 1. The van der Waals surface area contributed by atoms with Crippen molar-refractivity contribution in [3.8, 4) is 0 Å². The third-order valence-corrected chi connectivity index (χ3v) is 3.16. The van der Waals surface area contributed by atoms with Crippen LogP contribution in [0.2, 0.25) is 5.02 Å². The molecule has 1 atom stereocenters. The molecule has 19 heavy (non-hydrogen) atoms. The minimum absolute atomic E-state index is 0.0183.